The Morgan fingerprint density at radius 2 is 1.91 bits per heavy atom. The summed E-state index contributed by atoms with van der Waals surface area (Å²) in [7, 11) is 0. The van der Waals surface area contributed by atoms with Gasteiger partial charge in [-0.3, -0.25) is 9.59 Å². The van der Waals surface area contributed by atoms with Crippen molar-refractivity contribution >= 4 is 22.7 Å². The van der Waals surface area contributed by atoms with E-state index in [0.29, 0.717) is 29.4 Å². The average molecular weight is 436 g/mol. The van der Waals surface area contributed by atoms with Crippen molar-refractivity contribution in [2.45, 2.75) is 40.0 Å². The molecule has 0 spiro atoms. The second-order valence-electron chi connectivity index (χ2n) is 8.48. The van der Waals surface area contributed by atoms with Crippen LogP contribution in [0.25, 0.3) is 11.0 Å². The van der Waals surface area contributed by atoms with Gasteiger partial charge in [-0.05, 0) is 43.0 Å². The molecule has 0 radical (unpaired) electrons. The van der Waals surface area contributed by atoms with E-state index in [1.54, 1.807) is 6.92 Å². The summed E-state index contributed by atoms with van der Waals surface area (Å²) in [6, 6.07) is 8.55. The molecule has 1 N–H and O–H groups in total. The minimum absolute atomic E-state index is 0.00588. The molecular weight excluding hydrogens is 412 g/mol. The molecule has 166 valence electrons. The lowest BCUT2D eigenvalue weighted by molar-refractivity contribution is -0.135. The Bertz CT molecular complexity index is 1280. The number of hydrogen-bond donors (Lipinski definition) is 1. The number of aromatic hydroxyl groups is 1. The van der Waals surface area contributed by atoms with Crippen LogP contribution in [0.2, 0.25) is 0 Å². The van der Waals surface area contributed by atoms with Crippen molar-refractivity contribution in [2.75, 3.05) is 6.61 Å². The van der Waals surface area contributed by atoms with Crippen LogP contribution in [-0.4, -0.2) is 23.5 Å². The molecule has 1 atom stereocenters. The van der Waals surface area contributed by atoms with E-state index in [2.05, 4.69) is 13.8 Å². The van der Waals surface area contributed by atoms with Crippen molar-refractivity contribution in [1.29, 1.82) is 0 Å². The van der Waals surface area contributed by atoms with Crippen LogP contribution in [0.15, 0.2) is 39.5 Å². The number of Topliss-reactive ketones (excluding diaryl/α,β-unsaturated/α-hetero) is 1. The number of phenolic OH excluding ortho intramolecular Hbond substituents is 1. The van der Waals surface area contributed by atoms with Crippen LogP contribution in [0, 0.1) is 12.8 Å². The topological polar surface area (TPSA) is 103 Å². The number of carbonyl (C=O) groups is 2. The number of ether oxygens (including phenoxy) is 2. The number of fused-ring (bicyclic) bond motifs is 3. The van der Waals surface area contributed by atoms with Crippen LogP contribution in [0.3, 0.4) is 0 Å². The van der Waals surface area contributed by atoms with Gasteiger partial charge in [-0.25, -0.2) is 4.79 Å². The van der Waals surface area contributed by atoms with Crippen LogP contribution < -0.4 is 15.1 Å². The van der Waals surface area contributed by atoms with Gasteiger partial charge in [0.2, 0.25) is 0 Å². The summed E-state index contributed by atoms with van der Waals surface area (Å²) < 4.78 is 16.7. The monoisotopic (exact) mass is 436 g/mol. The first-order valence-corrected chi connectivity index (χ1v) is 10.4. The predicted molar refractivity (Wildman–Crippen MR) is 118 cm³/mol. The molecule has 0 saturated heterocycles. The zero-order valence-electron chi connectivity index (χ0n) is 18.4. The molecule has 0 aliphatic carbocycles. The van der Waals surface area contributed by atoms with E-state index >= 15 is 0 Å². The number of rotatable bonds is 5. The van der Waals surface area contributed by atoms with Crippen LogP contribution in [0.5, 0.6) is 17.2 Å². The predicted octanol–water partition coefficient (Wildman–Crippen LogP) is 4.49. The highest BCUT2D eigenvalue weighted by molar-refractivity contribution is 6.09. The van der Waals surface area contributed by atoms with Crippen molar-refractivity contribution in [3.05, 3.63) is 63.0 Å². The van der Waals surface area contributed by atoms with Crippen molar-refractivity contribution in [2.24, 2.45) is 5.92 Å². The van der Waals surface area contributed by atoms with Crippen LogP contribution in [0.1, 0.15) is 60.2 Å². The van der Waals surface area contributed by atoms with Crippen LogP contribution in [-0.2, 0) is 4.79 Å². The number of esters is 1. The third-order valence-corrected chi connectivity index (χ3v) is 5.50. The fraction of sp³-hybridized carbons (Fsp3) is 0.320. The maximum absolute atomic E-state index is 12.5. The summed E-state index contributed by atoms with van der Waals surface area (Å²) in [4.78, 5) is 37.1. The Hall–Kier alpha value is -3.61. The summed E-state index contributed by atoms with van der Waals surface area (Å²) >= 11 is 0. The van der Waals surface area contributed by atoms with E-state index < -0.39 is 23.3 Å². The number of phenols is 1. The highest BCUT2D eigenvalue weighted by atomic mass is 16.5. The van der Waals surface area contributed by atoms with E-state index in [-0.39, 0.29) is 34.5 Å². The lowest BCUT2D eigenvalue weighted by atomic mass is 9.83. The molecule has 32 heavy (non-hydrogen) atoms. The first-order chi connectivity index (χ1) is 15.2. The number of benzene rings is 2. The average Bonchev–Trinajstić information content (AvgIpc) is 2.71. The van der Waals surface area contributed by atoms with Crippen molar-refractivity contribution in [3.63, 3.8) is 0 Å². The number of ketones is 1. The molecule has 1 aromatic heterocycles. The molecule has 7 heteroatoms. The molecule has 1 aliphatic rings. The van der Waals surface area contributed by atoms with Gasteiger partial charge < -0.3 is 19.0 Å². The number of carbonyl (C=O) groups excluding carboxylic acids is 2. The Kier molecular flexibility index (Phi) is 5.50. The third kappa shape index (κ3) is 3.75. The van der Waals surface area contributed by atoms with E-state index in [9.17, 15) is 19.5 Å². The molecule has 3 aromatic rings. The van der Waals surface area contributed by atoms with Gasteiger partial charge in [0.1, 0.15) is 22.6 Å². The second kappa shape index (κ2) is 8.15. The Morgan fingerprint density at radius 3 is 2.53 bits per heavy atom. The summed E-state index contributed by atoms with van der Waals surface area (Å²) in [6.07, 6.45) is -0.00588. The van der Waals surface area contributed by atoms with E-state index in [0.717, 1.165) is 5.56 Å². The molecule has 2 aromatic carbocycles. The standard InChI is InChI=1S/C25H24O7/c1-12(2)11-30-16-7-5-15(6-8-16)17-10-19(28)32-25-21(14(4)26)23(29)20-13(3)9-18(27)31-24(20)22(17)25/h5-9,12,17,29H,10-11H2,1-4H3. The first-order valence-electron chi connectivity index (χ1n) is 10.4. The molecule has 4 rings (SSSR count). The highest BCUT2D eigenvalue weighted by Crippen LogP contribution is 2.49. The SMILES string of the molecule is CC(=O)c1c2c(c3oc(=O)cc(C)c3c1O)C(c1ccc(OCC(C)C)cc1)CC(=O)O2. The van der Waals surface area contributed by atoms with Gasteiger partial charge in [0.25, 0.3) is 0 Å². The lowest BCUT2D eigenvalue weighted by Gasteiger charge is -2.28. The molecule has 1 unspecified atom stereocenters. The van der Waals surface area contributed by atoms with Crippen molar-refractivity contribution in [1.82, 2.24) is 0 Å². The molecule has 0 fully saturated rings. The summed E-state index contributed by atoms with van der Waals surface area (Å²) in [5.41, 5.74) is 1.06. The zero-order chi connectivity index (χ0) is 23.2. The summed E-state index contributed by atoms with van der Waals surface area (Å²) in [5, 5.41) is 11.1. The van der Waals surface area contributed by atoms with Gasteiger partial charge in [0.15, 0.2) is 11.5 Å². The van der Waals surface area contributed by atoms with Gasteiger partial charge in [-0.1, -0.05) is 26.0 Å². The van der Waals surface area contributed by atoms with E-state index in [1.165, 1.54) is 13.0 Å². The minimum atomic E-state index is -0.597. The third-order valence-electron chi connectivity index (χ3n) is 5.50. The van der Waals surface area contributed by atoms with Crippen LogP contribution in [0.4, 0.5) is 0 Å². The van der Waals surface area contributed by atoms with E-state index in [1.807, 2.05) is 24.3 Å². The first kappa shape index (κ1) is 21.6. The van der Waals surface area contributed by atoms with Gasteiger partial charge in [0, 0.05) is 17.5 Å². The molecule has 7 nitrogen and oxygen atoms in total. The maximum atomic E-state index is 12.5. The van der Waals surface area contributed by atoms with Gasteiger partial charge in [-0.2, -0.15) is 0 Å². The molecule has 2 heterocycles. The largest absolute Gasteiger partial charge is 0.506 e. The molecule has 0 saturated carbocycles. The minimum Gasteiger partial charge on any atom is -0.506 e. The Morgan fingerprint density at radius 1 is 1.22 bits per heavy atom. The normalized spacial score (nSPS) is 15.5. The molecule has 1 aliphatic heterocycles. The lowest BCUT2D eigenvalue weighted by Crippen LogP contribution is -2.23. The fourth-order valence-corrected chi connectivity index (χ4v) is 4.08. The molecule has 0 amide bonds. The summed E-state index contributed by atoms with van der Waals surface area (Å²) in [6.45, 7) is 7.63. The van der Waals surface area contributed by atoms with Crippen molar-refractivity contribution < 1.29 is 28.6 Å². The second-order valence-corrected chi connectivity index (χ2v) is 8.48. The number of aryl methyl sites for hydroxylation is 1. The van der Waals surface area contributed by atoms with Gasteiger partial charge in [0.05, 0.1) is 18.4 Å². The summed E-state index contributed by atoms with van der Waals surface area (Å²) in [5.74, 6) is -0.878. The van der Waals surface area contributed by atoms with Gasteiger partial charge >= 0.3 is 11.6 Å². The quantitative estimate of drug-likeness (QED) is 0.272. The zero-order valence-corrected chi connectivity index (χ0v) is 18.4. The van der Waals surface area contributed by atoms with Gasteiger partial charge in [-0.15, -0.1) is 0 Å². The Balaban J connectivity index is 1.95. The smallest absolute Gasteiger partial charge is 0.336 e. The van der Waals surface area contributed by atoms with E-state index in [4.69, 9.17) is 13.9 Å². The highest BCUT2D eigenvalue weighted by Gasteiger charge is 2.37. The fourth-order valence-electron chi connectivity index (χ4n) is 4.08. The number of hydrogen-bond acceptors (Lipinski definition) is 7. The maximum Gasteiger partial charge on any atom is 0.336 e. The van der Waals surface area contributed by atoms with Crippen molar-refractivity contribution in [3.8, 4) is 17.2 Å². The molecule has 0 bridgehead atoms. The molecular formula is C25H24O7. The van der Waals surface area contributed by atoms with Crippen LogP contribution >= 0.6 is 0 Å². The Labute approximate surface area is 184 Å².